The molecule has 1 aromatic carbocycles. The number of sulfonamides is 1. The van der Waals surface area contributed by atoms with E-state index in [4.69, 9.17) is 17.3 Å². The Hall–Kier alpha value is -0.860. The molecule has 19 heavy (non-hydrogen) atoms. The highest BCUT2D eigenvalue weighted by molar-refractivity contribution is 7.89. The van der Waals surface area contributed by atoms with E-state index in [0.717, 1.165) is 0 Å². The zero-order chi connectivity index (χ0) is 14.7. The summed E-state index contributed by atoms with van der Waals surface area (Å²) in [5.41, 5.74) is 4.40. The first-order valence-electron chi connectivity index (χ1n) is 5.61. The van der Waals surface area contributed by atoms with Crippen molar-refractivity contribution in [2.24, 2.45) is 0 Å². The third-order valence-corrected chi connectivity index (χ3v) is 4.83. The molecule has 0 saturated heterocycles. The zero-order valence-corrected chi connectivity index (χ0v) is 12.0. The Bertz CT molecular complexity index is 535. The van der Waals surface area contributed by atoms with Gasteiger partial charge in [-0.3, -0.25) is 0 Å². The van der Waals surface area contributed by atoms with Crippen molar-refractivity contribution in [2.45, 2.75) is 23.8 Å². The first-order chi connectivity index (χ1) is 8.80. The van der Waals surface area contributed by atoms with E-state index in [2.05, 4.69) is 4.72 Å². The lowest BCUT2D eigenvalue weighted by molar-refractivity contribution is 0.105. The maximum atomic E-state index is 12.2. The predicted octanol–water partition coefficient (Wildman–Crippen LogP) is 0.334. The molecule has 0 atom stereocenters. The molecule has 0 saturated carbocycles. The smallest absolute Gasteiger partial charge is 0.241 e. The molecule has 1 aromatic rings. The van der Waals surface area contributed by atoms with E-state index in [1.165, 1.54) is 18.2 Å². The van der Waals surface area contributed by atoms with Crippen LogP contribution < -0.4 is 10.5 Å². The van der Waals surface area contributed by atoms with Gasteiger partial charge in [-0.15, -0.1) is 0 Å². The van der Waals surface area contributed by atoms with E-state index in [-0.39, 0.29) is 22.0 Å². The number of nitrogens with one attached hydrogen (secondary N) is 1. The fraction of sp³-hybridized carbons (Fsp3) is 0.455. The number of aliphatic hydroxyl groups excluding tert-OH is 2. The summed E-state index contributed by atoms with van der Waals surface area (Å²) in [6.07, 6.45) is 0.238. The number of nitrogen functional groups attached to an aromatic ring is 1. The summed E-state index contributed by atoms with van der Waals surface area (Å²) in [5, 5.41) is 18.8. The van der Waals surface area contributed by atoms with Gasteiger partial charge in [0.2, 0.25) is 10.0 Å². The second-order valence-electron chi connectivity index (χ2n) is 4.24. The van der Waals surface area contributed by atoms with Crippen LogP contribution in [0.25, 0.3) is 0 Å². The number of aliphatic hydroxyl groups is 2. The van der Waals surface area contributed by atoms with Crippen molar-refractivity contribution in [3.63, 3.8) is 0 Å². The van der Waals surface area contributed by atoms with Gasteiger partial charge in [0, 0.05) is 0 Å². The Morgan fingerprint density at radius 3 is 2.37 bits per heavy atom. The SMILES string of the molecule is CCC(CO)(CO)NS(=O)(=O)c1ccc(Cl)c(N)c1. The molecule has 8 heteroatoms. The molecule has 0 radical (unpaired) electrons. The van der Waals surface area contributed by atoms with Gasteiger partial charge < -0.3 is 15.9 Å². The van der Waals surface area contributed by atoms with Gasteiger partial charge in [-0.1, -0.05) is 18.5 Å². The van der Waals surface area contributed by atoms with Crippen LogP contribution in [-0.2, 0) is 10.0 Å². The molecular weight excluding hydrogens is 292 g/mol. The van der Waals surface area contributed by atoms with Gasteiger partial charge in [-0.25, -0.2) is 13.1 Å². The number of hydrogen-bond donors (Lipinski definition) is 4. The molecule has 0 aromatic heterocycles. The molecule has 0 aliphatic carbocycles. The summed E-state index contributed by atoms with van der Waals surface area (Å²) in [7, 11) is -3.90. The Labute approximate surface area is 117 Å². The van der Waals surface area contributed by atoms with Crippen molar-refractivity contribution >= 4 is 27.3 Å². The van der Waals surface area contributed by atoms with E-state index in [1.54, 1.807) is 6.92 Å². The molecule has 6 nitrogen and oxygen atoms in total. The monoisotopic (exact) mass is 308 g/mol. The fourth-order valence-electron chi connectivity index (χ4n) is 1.44. The number of hydrogen-bond acceptors (Lipinski definition) is 5. The molecule has 0 spiro atoms. The standard InChI is InChI=1S/C11H17ClN2O4S/c1-2-11(6-15,7-16)14-19(17,18)8-3-4-9(12)10(13)5-8/h3-5,14-16H,2,6-7,13H2,1H3. The Balaban J connectivity index is 3.14. The lowest BCUT2D eigenvalue weighted by Gasteiger charge is -2.29. The largest absolute Gasteiger partial charge is 0.397 e. The summed E-state index contributed by atoms with van der Waals surface area (Å²) in [5.74, 6) is 0. The van der Waals surface area contributed by atoms with Crippen molar-refractivity contribution < 1.29 is 18.6 Å². The van der Waals surface area contributed by atoms with E-state index < -0.39 is 28.8 Å². The highest BCUT2D eigenvalue weighted by Gasteiger charge is 2.32. The maximum Gasteiger partial charge on any atom is 0.241 e. The molecule has 1 rings (SSSR count). The first-order valence-corrected chi connectivity index (χ1v) is 7.47. The van der Waals surface area contributed by atoms with Crippen molar-refractivity contribution in [1.29, 1.82) is 0 Å². The second kappa shape index (κ2) is 6.06. The number of nitrogens with two attached hydrogens (primary N) is 1. The molecule has 108 valence electrons. The van der Waals surface area contributed by atoms with Crippen LogP contribution in [-0.4, -0.2) is 37.4 Å². The predicted molar refractivity (Wildman–Crippen MR) is 73.4 cm³/mol. The molecule has 0 amide bonds. The van der Waals surface area contributed by atoms with Crippen LogP contribution in [0.1, 0.15) is 13.3 Å². The minimum absolute atomic E-state index is 0.0749. The van der Waals surface area contributed by atoms with Gasteiger partial charge >= 0.3 is 0 Å². The van der Waals surface area contributed by atoms with Crippen LogP contribution in [0.15, 0.2) is 23.1 Å². The third-order valence-electron chi connectivity index (χ3n) is 2.91. The highest BCUT2D eigenvalue weighted by Crippen LogP contribution is 2.23. The van der Waals surface area contributed by atoms with E-state index in [1.807, 2.05) is 0 Å². The minimum Gasteiger partial charge on any atom is -0.397 e. The van der Waals surface area contributed by atoms with Crippen molar-refractivity contribution in [2.75, 3.05) is 18.9 Å². The molecule has 5 N–H and O–H groups in total. The van der Waals surface area contributed by atoms with Crippen LogP contribution in [0, 0.1) is 0 Å². The van der Waals surface area contributed by atoms with Gasteiger partial charge in [-0.2, -0.15) is 0 Å². The molecule has 0 unspecified atom stereocenters. The van der Waals surface area contributed by atoms with Crippen LogP contribution in [0.3, 0.4) is 0 Å². The van der Waals surface area contributed by atoms with Crippen LogP contribution in [0.5, 0.6) is 0 Å². The Morgan fingerprint density at radius 2 is 1.95 bits per heavy atom. The van der Waals surface area contributed by atoms with Crippen LogP contribution in [0.2, 0.25) is 5.02 Å². The number of anilines is 1. The van der Waals surface area contributed by atoms with Crippen molar-refractivity contribution in [3.8, 4) is 0 Å². The lowest BCUT2D eigenvalue weighted by Crippen LogP contribution is -2.53. The van der Waals surface area contributed by atoms with E-state index in [0.29, 0.717) is 0 Å². The van der Waals surface area contributed by atoms with E-state index >= 15 is 0 Å². The lowest BCUT2D eigenvalue weighted by atomic mass is 10.0. The Kier molecular flexibility index (Phi) is 5.17. The van der Waals surface area contributed by atoms with Crippen molar-refractivity contribution in [3.05, 3.63) is 23.2 Å². The Morgan fingerprint density at radius 1 is 1.37 bits per heavy atom. The molecular formula is C11H17ClN2O4S. The third kappa shape index (κ3) is 3.58. The normalized spacial score (nSPS) is 12.6. The molecule has 0 heterocycles. The van der Waals surface area contributed by atoms with Gasteiger partial charge in [-0.05, 0) is 24.6 Å². The molecule has 0 bridgehead atoms. The minimum atomic E-state index is -3.90. The van der Waals surface area contributed by atoms with Crippen LogP contribution >= 0.6 is 11.6 Å². The van der Waals surface area contributed by atoms with Gasteiger partial charge in [0.05, 0.1) is 34.4 Å². The molecule has 0 fully saturated rings. The highest BCUT2D eigenvalue weighted by atomic mass is 35.5. The average Bonchev–Trinajstić information content (AvgIpc) is 2.39. The topological polar surface area (TPSA) is 113 Å². The van der Waals surface area contributed by atoms with E-state index in [9.17, 15) is 18.6 Å². The number of benzene rings is 1. The number of rotatable bonds is 6. The van der Waals surface area contributed by atoms with Crippen molar-refractivity contribution in [1.82, 2.24) is 4.72 Å². The second-order valence-corrected chi connectivity index (χ2v) is 6.33. The average molecular weight is 309 g/mol. The molecule has 0 aliphatic heterocycles. The van der Waals surface area contributed by atoms with Gasteiger partial charge in [0.1, 0.15) is 0 Å². The van der Waals surface area contributed by atoms with Gasteiger partial charge in [0.25, 0.3) is 0 Å². The fourth-order valence-corrected chi connectivity index (χ4v) is 3.05. The van der Waals surface area contributed by atoms with Crippen LogP contribution in [0.4, 0.5) is 5.69 Å². The first kappa shape index (κ1) is 16.2. The number of halogens is 1. The zero-order valence-electron chi connectivity index (χ0n) is 10.4. The maximum absolute atomic E-state index is 12.2. The summed E-state index contributed by atoms with van der Waals surface area (Å²) in [6.45, 7) is 0.635. The van der Waals surface area contributed by atoms with Gasteiger partial charge in [0.15, 0.2) is 0 Å². The summed E-state index contributed by atoms with van der Waals surface area (Å²) >= 11 is 5.73. The summed E-state index contributed by atoms with van der Waals surface area (Å²) < 4.78 is 26.6. The summed E-state index contributed by atoms with van der Waals surface area (Å²) in [6, 6.07) is 3.90. The quantitative estimate of drug-likeness (QED) is 0.566. The summed E-state index contributed by atoms with van der Waals surface area (Å²) in [4.78, 5) is -0.0749. The molecule has 0 aliphatic rings.